The fraction of sp³-hybridized carbons (Fsp3) is 0.375. The lowest BCUT2D eigenvalue weighted by Gasteiger charge is -2.18. The molecule has 0 saturated carbocycles. The third-order valence-electron chi connectivity index (χ3n) is 4.57. The Morgan fingerprint density at radius 2 is 2.07 bits per heavy atom. The van der Waals surface area contributed by atoms with Crippen molar-refractivity contribution in [3.8, 4) is 17.0 Å². The summed E-state index contributed by atoms with van der Waals surface area (Å²) in [4.78, 5) is 13.5. The van der Waals surface area contributed by atoms with E-state index < -0.39 is 39.9 Å². The van der Waals surface area contributed by atoms with Gasteiger partial charge >= 0.3 is 10.2 Å². The number of ether oxygens (including phenoxy) is 1. The van der Waals surface area contributed by atoms with Gasteiger partial charge in [0.2, 0.25) is 0 Å². The van der Waals surface area contributed by atoms with Gasteiger partial charge in [-0.25, -0.2) is 13.4 Å². The zero-order valence-corrected chi connectivity index (χ0v) is 15.5. The fourth-order valence-corrected chi connectivity index (χ4v) is 4.40. The number of aromatic amines is 1. The van der Waals surface area contributed by atoms with Crippen molar-refractivity contribution in [2.24, 2.45) is 0 Å². The molecule has 0 bridgehead atoms. The van der Waals surface area contributed by atoms with Gasteiger partial charge in [0.15, 0.2) is 11.6 Å². The van der Waals surface area contributed by atoms with Gasteiger partial charge < -0.3 is 14.7 Å². The van der Waals surface area contributed by atoms with Crippen molar-refractivity contribution in [3.05, 3.63) is 24.0 Å². The number of phenols is 1. The predicted octanol–water partition coefficient (Wildman–Crippen LogP) is 0.329. The molecule has 3 N–H and O–H groups in total. The Hall–Kier alpha value is -2.86. The van der Waals surface area contributed by atoms with Crippen molar-refractivity contribution in [1.82, 2.24) is 14.9 Å². The van der Waals surface area contributed by atoms with Crippen LogP contribution in [0.15, 0.2) is 18.2 Å². The van der Waals surface area contributed by atoms with Crippen LogP contribution in [0, 0.1) is 5.82 Å². The van der Waals surface area contributed by atoms with Crippen LogP contribution in [0.5, 0.6) is 5.75 Å². The number of anilines is 2. The highest BCUT2D eigenvalue weighted by molar-refractivity contribution is 7.92. The van der Waals surface area contributed by atoms with Crippen LogP contribution in [0.3, 0.4) is 0 Å². The number of phenolic OH excluding ortho intramolecular Hbond substituents is 1. The van der Waals surface area contributed by atoms with Crippen molar-refractivity contribution in [3.63, 3.8) is 0 Å². The molecule has 12 heteroatoms. The lowest BCUT2D eigenvalue weighted by molar-refractivity contribution is -0.117. The number of halogens is 1. The van der Waals surface area contributed by atoms with Crippen LogP contribution < -0.4 is 13.9 Å². The lowest BCUT2D eigenvalue weighted by Crippen LogP contribution is -2.30. The lowest BCUT2D eigenvalue weighted by atomic mass is 10.1. The number of H-pyrrole nitrogens is 1. The number of aromatic nitrogens is 2. The Morgan fingerprint density at radius 3 is 2.82 bits per heavy atom. The van der Waals surface area contributed by atoms with Crippen LogP contribution in [-0.2, 0) is 19.7 Å². The first-order valence-electron chi connectivity index (χ1n) is 8.60. The number of carbonyl (C=O) groups is 1. The highest BCUT2D eigenvalue weighted by atomic mass is 32.2. The molecule has 4 rings (SSSR count). The molecular formula is C16H18FN5O5S. The molecule has 0 atom stereocenters. The van der Waals surface area contributed by atoms with Crippen LogP contribution in [0.2, 0.25) is 0 Å². The van der Waals surface area contributed by atoms with E-state index in [0.717, 1.165) is 13.0 Å². The van der Waals surface area contributed by atoms with Crippen LogP contribution in [0.1, 0.15) is 6.42 Å². The Labute approximate surface area is 160 Å². The van der Waals surface area contributed by atoms with E-state index in [-0.39, 0.29) is 5.56 Å². The molecule has 0 spiro atoms. The summed E-state index contributed by atoms with van der Waals surface area (Å²) in [6.45, 7) is 2.01. The minimum absolute atomic E-state index is 0.0205. The smallest absolute Gasteiger partial charge is 0.326 e. The monoisotopic (exact) mass is 411 g/mol. The highest BCUT2D eigenvalue weighted by Crippen LogP contribution is 2.38. The number of benzene rings is 1. The van der Waals surface area contributed by atoms with Gasteiger partial charge in [-0.15, -0.1) is 0 Å². The maximum Gasteiger partial charge on any atom is 0.326 e. The summed E-state index contributed by atoms with van der Waals surface area (Å²) < 4.78 is 46.9. The van der Waals surface area contributed by atoms with E-state index in [1.165, 1.54) is 12.1 Å². The number of nitrogens with one attached hydrogen (secondary N) is 2. The van der Waals surface area contributed by atoms with Gasteiger partial charge in [0.1, 0.15) is 18.0 Å². The van der Waals surface area contributed by atoms with E-state index in [1.54, 1.807) is 10.8 Å². The Bertz CT molecular complexity index is 1020. The van der Waals surface area contributed by atoms with Crippen LogP contribution in [0.4, 0.5) is 15.9 Å². The van der Waals surface area contributed by atoms with Crippen LogP contribution in [-0.4, -0.2) is 62.5 Å². The van der Waals surface area contributed by atoms with Crippen LogP contribution in [0.25, 0.3) is 11.3 Å². The molecule has 2 fully saturated rings. The zero-order valence-electron chi connectivity index (χ0n) is 14.7. The van der Waals surface area contributed by atoms with E-state index >= 15 is 4.39 Å². The quantitative estimate of drug-likeness (QED) is 0.664. The van der Waals surface area contributed by atoms with Gasteiger partial charge in [0.05, 0.1) is 12.3 Å². The number of aromatic hydroxyl groups is 1. The van der Waals surface area contributed by atoms with Gasteiger partial charge in [0.25, 0.3) is 5.91 Å². The summed E-state index contributed by atoms with van der Waals surface area (Å²) in [6.07, 6.45) is 0.841. The Morgan fingerprint density at radius 1 is 1.25 bits per heavy atom. The minimum Gasteiger partial charge on any atom is -0.506 e. The first kappa shape index (κ1) is 18.5. The Kier molecular flexibility index (Phi) is 4.59. The first-order chi connectivity index (χ1) is 13.4. The molecule has 0 radical (unpaired) electrons. The highest BCUT2D eigenvalue weighted by Gasteiger charge is 2.38. The molecule has 1 amide bonds. The molecule has 150 valence electrons. The molecule has 2 saturated heterocycles. The second-order valence-electron chi connectivity index (χ2n) is 6.42. The third-order valence-corrected chi connectivity index (χ3v) is 5.94. The number of nitrogens with zero attached hydrogens (tertiary/aromatic N) is 3. The van der Waals surface area contributed by atoms with Crippen molar-refractivity contribution in [2.45, 2.75) is 6.42 Å². The van der Waals surface area contributed by atoms with E-state index in [9.17, 15) is 18.3 Å². The third kappa shape index (κ3) is 3.24. The number of carbonyl (C=O) groups excluding carboxylic acids is 1. The molecule has 3 heterocycles. The summed E-state index contributed by atoms with van der Waals surface area (Å²) in [5.41, 5.74) is -0.253. The standard InChI is InChI=1S/C16H18FN5O5S/c17-15-10(11-8-13(19-18-11)21-4-1-6-27-7-5-21)2-3-12(23)16(15)22-9-14(24)20-28(22,25)26/h2-3,8,23H,1,4-7,9H2,(H,18,19)(H,20,24). The normalized spacial score (nSPS) is 19.5. The van der Waals surface area contributed by atoms with Gasteiger partial charge in [-0.2, -0.15) is 13.5 Å². The molecular weight excluding hydrogens is 393 g/mol. The summed E-state index contributed by atoms with van der Waals surface area (Å²) in [6, 6.07) is 4.13. The number of hydrogen-bond donors (Lipinski definition) is 3. The summed E-state index contributed by atoms with van der Waals surface area (Å²) in [5.74, 6) is -1.77. The molecule has 2 aliphatic heterocycles. The number of amides is 1. The van der Waals surface area contributed by atoms with Crippen molar-refractivity contribution in [2.75, 3.05) is 42.1 Å². The second kappa shape index (κ2) is 6.95. The van der Waals surface area contributed by atoms with E-state index in [2.05, 4.69) is 10.2 Å². The van der Waals surface area contributed by atoms with E-state index in [1.807, 2.05) is 4.90 Å². The zero-order chi connectivity index (χ0) is 19.9. The maximum atomic E-state index is 15.2. The first-order valence-corrected chi connectivity index (χ1v) is 10.0. The van der Waals surface area contributed by atoms with Crippen LogP contribution >= 0.6 is 0 Å². The van der Waals surface area contributed by atoms with Gasteiger partial charge in [-0.3, -0.25) is 9.89 Å². The van der Waals surface area contributed by atoms with E-state index in [0.29, 0.717) is 35.6 Å². The molecule has 1 aromatic heterocycles. The average molecular weight is 411 g/mol. The molecule has 10 nitrogen and oxygen atoms in total. The summed E-state index contributed by atoms with van der Waals surface area (Å²) in [7, 11) is -4.26. The minimum atomic E-state index is -4.26. The predicted molar refractivity (Wildman–Crippen MR) is 97.7 cm³/mol. The average Bonchev–Trinajstić information content (AvgIpc) is 3.09. The molecule has 2 aromatic rings. The molecule has 1 aromatic carbocycles. The summed E-state index contributed by atoms with van der Waals surface area (Å²) in [5, 5.41) is 17.0. The molecule has 0 unspecified atom stereocenters. The second-order valence-corrected chi connectivity index (χ2v) is 8.02. The summed E-state index contributed by atoms with van der Waals surface area (Å²) >= 11 is 0. The molecule has 28 heavy (non-hydrogen) atoms. The fourth-order valence-electron chi connectivity index (χ4n) is 3.23. The maximum absolute atomic E-state index is 15.2. The SMILES string of the molecule is O=C1CN(c2c(O)ccc(-c3cc(N4CCCOCC4)n[nH]3)c2F)S(=O)(=O)N1. The molecule has 0 aliphatic carbocycles. The van der Waals surface area contributed by atoms with Gasteiger partial charge in [-0.1, -0.05) is 0 Å². The molecule has 2 aliphatic rings. The largest absolute Gasteiger partial charge is 0.506 e. The number of hydrogen-bond acceptors (Lipinski definition) is 7. The van der Waals surface area contributed by atoms with Gasteiger partial charge in [0, 0.05) is 31.3 Å². The number of rotatable bonds is 3. The van der Waals surface area contributed by atoms with Crippen molar-refractivity contribution in [1.29, 1.82) is 0 Å². The van der Waals surface area contributed by atoms with Crippen molar-refractivity contribution < 1.29 is 27.4 Å². The van der Waals surface area contributed by atoms with Gasteiger partial charge in [-0.05, 0) is 18.6 Å². The van der Waals surface area contributed by atoms with Crippen molar-refractivity contribution >= 4 is 27.6 Å². The van der Waals surface area contributed by atoms with E-state index in [4.69, 9.17) is 4.74 Å². The Balaban J connectivity index is 1.71. The topological polar surface area (TPSA) is 128 Å².